The van der Waals surface area contributed by atoms with Crippen LogP contribution in [0.25, 0.3) is 0 Å². The van der Waals surface area contributed by atoms with Crippen LogP contribution in [0.4, 0.5) is 10.5 Å². The summed E-state index contributed by atoms with van der Waals surface area (Å²) in [6, 6.07) is 16.2. The number of imide groups is 1. The molecule has 0 aliphatic carbocycles. The molecule has 0 unspecified atom stereocenters. The predicted molar refractivity (Wildman–Crippen MR) is 114 cm³/mol. The van der Waals surface area contributed by atoms with Crippen LogP contribution in [-0.4, -0.2) is 47.4 Å². The number of hydrogen-bond acceptors (Lipinski definition) is 5. The van der Waals surface area contributed by atoms with Crippen LogP contribution in [0.3, 0.4) is 0 Å². The second-order valence-corrected chi connectivity index (χ2v) is 7.66. The van der Waals surface area contributed by atoms with E-state index in [-0.39, 0.29) is 0 Å². The summed E-state index contributed by atoms with van der Waals surface area (Å²) in [6.45, 7) is 2.41. The van der Waals surface area contributed by atoms with Crippen LogP contribution in [0, 0.1) is 6.92 Å². The van der Waals surface area contributed by atoms with E-state index in [0.717, 1.165) is 16.0 Å². The molecule has 1 heterocycles. The zero-order valence-electron chi connectivity index (χ0n) is 17.5. The molecule has 3 rings (SSSR count). The number of aryl methyl sites for hydroxylation is 2. The Kier molecular flexibility index (Phi) is 6.69. The standard InChI is InChI=1S/C23H25N3O5/c1-16-8-6-7-11-18(16)24-19(27)15-31-20(28)14-26-21(29)23(2,25-22(26)30)13-12-17-9-4-3-5-10-17/h3-11H,12-15H2,1-2H3,(H,24,27)(H,25,30)/t23-/m0/s1. The van der Waals surface area contributed by atoms with Crippen LogP contribution in [-0.2, 0) is 25.5 Å². The number of carbonyl (C=O) groups excluding carboxylic acids is 4. The summed E-state index contributed by atoms with van der Waals surface area (Å²) >= 11 is 0. The summed E-state index contributed by atoms with van der Waals surface area (Å²) in [5.41, 5.74) is 1.43. The number of nitrogens with one attached hydrogen (secondary N) is 2. The molecule has 2 aromatic rings. The lowest BCUT2D eigenvalue weighted by Crippen LogP contribution is -2.44. The van der Waals surface area contributed by atoms with Crippen LogP contribution in [0.15, 0.2) is 54.6 Å². The van der Waals surface area contributed by atoms with Crippen molar-refractivity contribution in [1.82, 2.24) is 10.2 Å². The van der Waals surface area contributed by atoms with Crippen molar-refractivity contribution in [3.8, 4) is 0 Å². The van der Waals surface area contributed by atoms with E-state index in [1.165, 1.54) is 0 Å². The van der Waals surface area contributed by atoms with Crippen LogP contribution >= 0.6 is 0 Å². The van der Waals surface area contributed by atoms with E-state index in [1.807, 2.05) is 49.4 Å². The fraction of sp³-hybridized carbons (Fsp3) is 0.304. The Bertz CT molecular complexity index is 992. The van der Waals surface area contributed by atoms with Gasteiger partial charge in [0.05, 0.1) is 0 Å². The van der Waals surface area contributed by atoms with Crippen LogP contribution in [0.5, 0.6) is 0 Å². The highest BCUT2D eigenvalue weighted by atomic mass is 16.5. The largest absolute Gasteiger partial charge is 0.454 e. The van der Waals surface area contributed by atoms with Crippen molar-refractivity contribution in [3.05, 3.63) is 65.7 Å². The summed E-state index contributed by atoms with van der Waals surface area (Å²) in [6.07, 6.45) is 0.993. The van der Waals surface area contributed by atoms with E-state index in [0.29, 0.717) is 18.5 Å². The lowest BCUT2D eigenvalue weighted by molar-refractivity contribution is -0.150. The Hall–Kier alpha value is -3.68. The van der Waals surface area contributed by atoms with Crippen LogP contribution in [0.2, 0.25) is 0 Å². The molecule has 2 N–H and O–H groups in total. The van der Waals surface area contributed by atoms with Crippen molar-refractivity contribution in [1.29, 1.82) is 0 Å². The van der Waals surface area contributed by atoms with Crippen molar-refractivity contribution in [2.75, 3.05) is 18.5 Å². The van der Waals surface area contributed by atoms with E-state index in [9.17, 15) is 19.2 Å². The minimum Gasteiger partial charge on any atom is -0.454 e. The topological polar surface area (TPSA) is 105 Å². The third-order valence-electron chi connectivity index (χ3n) is 5.17. The van der Waals surface area contributed by atoms with Crippen molar-refractivity contribution in [2.24, 2.45) is 0 Å². The van der Waals surface area contributed by atoms with E-state index in [4.69, 9.17) is 4.74 Å². The lowest BCUT2D eigenvalue weighted by Gasteiger charge is -2.21. The van der Waals surface area contributed by atoms with Gasteiger partial charge in [0, 0.05) is 5.69 Å². The van der Waals surface area contributed by atoms with Gasteiger partial charge in [-0.1, -0.05) is 48.5 Å². The first-order chi connectivity index (χ1) is 14.8. The maximum atomic E-state index is 12.8. The molecule has 0 saturated carbocycles. The number of urea groups is 1. The average molecular weight is 423 g/mol. The first kappa shape index (κ1) is 22.0. The number of para-hydroxylation sites is 1. The van der Waals surface area contributed by atoms with Gasteiger partial charge in [-0.05, 0) is 43.9 Å². The van der Waals surface area contributed by atoms with Gasteiger partial charge in [-0.25, -0.2) is 4.79 Å². The van der Waals surface area contributed by atoms with Gasteiger partial charge in [0.15, 0.2) is 6.61 Å². The van der Waals surface area contributed by atoms with Gasteiger partial charge in [-0.3, -0.25) is 19.3 Å². The Morgan fingerprint density at radius 3 is 2.45 bits per heavy atom. The maximum Gasteiger partial charge on any atom is 0.326 e. The smallest absolute Gasteiger partial charge is 0.326 e. The molecule has 0 aromatic heterocycles. The third-order valence-corrected chi connectivity index (χ3v) is 5.17. The fourth-order valence-corrected chi connectivity index (χ4v) is 3.32. The Morgan fingerprint density at radius 1 is 1.06 bits per heavy atom. The molecule has 4 amide bonds. The Labute approximate surface area is 180 Å². The summed E-state index contributed by atoms with van der Waals surface area (Å²) in [4.78, 5) is 50.0. The SMILES string of the molecule is Cc1ccccc1NC(=O)COC(=O)CN1C(=O)N[C@@](C)(CCc2ccccc2)C1=O. The fourth-order valence-electron chi connectivity index (χ4n) is 3.32. The highest BCUT2D eigenvalue weighted by molar-refractivity contribution is 6.08. The first-order valence-electron chi connectivity index (χ1n) is 9.97. The number of amides is 4. The third kappa shape index (κ3) is 5.48. The number of ether oxygens (including phenoxy) is 1. The number of rotatable bonds is 8. The zero-order valence-corrected chi connectivity index (χ0v) is 17.5. The quantitative estimate of drug-likeness (QED) is 0.501. The average Bonchev–Trinajstić information content (AvgIpc) is 2.96. The molecule has 1 aliphatic rings. The molecule has 0 spiro atoms. The summed E-state index contributed by atoms with van der Waals surface area (Å²) < 4.78 is 4.95. The van der Waals surface area contributed by atoms with Crippen molar-refractivity contribution in [2.45, 2.75) is 32.2 Å². The van der Waals surface area contributed by atoms with E-state index >= 15 is 0 Å². The number of hydrogen-bond donors (Lipinski definition) is 2. The monoisotopic (exact) mass is 423 g/mol. The van der Waals surface area contributed by atoms with Gasteiger partial charge in [-0.15, -0.1) is 0 Å². The second-order valence-electron chi connectivity index (χ2n) is 7.66. The highest BCUT2D eigenvalue weighted by Gasteiger charge is 2.48. The molecule has 8 nitrogen and oxygen atoms in total. The molecule has 2 aromatic carbocycles. The summed E-state index contributed by atoms with van der Waals surface area (Å²) in [5, 5.41) is 5.31. The maximum absolute atomic E-state index is 12.8. The van der Waals surface area contributed by atoms with Crippen molar-refractivity contribution < 1.29 is 23.9 Å². The van der Waals surface area contributed by atoms with Gasteiger partial charge in [0.1, 0.15) is 12.1 Å². The first-order valence-corrected chi connectivity index (χ1v) is 9.97. The molecule has 1 saturated heterocycles. The minimum absolute atomic E-state index is 0.395. The molecular weight excluding hydrogens is 398 g/mol. The molecule has 1 atom stereocenters. The van der Waals surface area contributed by atoms with Crippen molar-refractivity contribution >= 4 is 29.5 Å². The molecule has 1 aliphatic heterocycles. The van der Waals surface area contributed by atoms with Gasteiger partial charge >= 0.3 is 12.0 Å². The molecule has 0 radical (unpaired) electrons. The second kappa shape index (κ2) is 9.42. The number of anilines is 1. The minimum atomic E-state index is -1.10. The Morgan fingerprint density at radius 2 is 1.74 bits per heavy atom. The molecule has 162 valence electrons. The van der Waals surface area contributed by atoms with Crippen molar-refractivity contribution in [3.63, 3.8) is 0 Å². The Balaban J connectivity index is 1.50. The molecule has 1 fully saturated rings. The lowest BCUT2D eigenvalue weighted by atomic mass is 9.93. The normalized spacial score (nSPS) is 17.9. The molecule has 8 heteroatoms. The van der Waals surface area contributed by atoms with Crippen LogP contribution < -0.4 is 10.6 Å². The number of esters is 1. The molecule has 0 bridgehead atoms. The summed E-state index contributed by atoms with van der Waals surface area (Å²) in [5.74, 6) is -1.84. The van der Waals surface area contributed by atoms with E-state index in [2.05, 4.69) is 10.6 Å². The number of benzene rings is 2. The highest BCUT2D eigenvalue weighted by Crippen LogP contribution is 2.23. The molecular formula is C23H25N3O5. The summed E-state index contributed by atoms with van der Waals surface area (Å²) in [7, 11) is 0. The van der Waals surface area contributed by atoms with Gasteiger partial charge in [0.2, 0.25) is 0 Å². The van der Waals surface area contributed by atoms with E-state index < -0.39 is 42.5 Å². The number of nitrogens with zero attached hydrogens (tertiary/aromatic N) is 1. The van der Waals surface area contributed by atoms with Gasteiger partial charge < -0.3 is 15.4 Å². The predicted octanol–water partition coefficient (Wildman–Crippen LogP) is 2.42. The number of carbonyl (C=O) groups is 4. The van der Waals surface area contributed by atoms with Gasteiger partial charge in [0.25, 0.3) is 11.8 Å². The molecule has 31 heavy (non-hydrogen) atoms. The van der Waals surface area contributed by atoms with Crippen LogP contribution in [0.1, 0.15) is 24.5 Å². The zero-order chi connectivity index (χ0) is 22.4. The van der Waals surface area contributed by atoms with E-state index in [1.54, 1.807) is 19.1 Å². The van der Waals surface area contributed by atoms with Gasteiger partial charge in [-0.2, -0.15) is 0 Å².